The van der Waals surface area contributed by atoms with Gasteiger partial charge < -0.3 is 4.74 Å². The average Bonchev–Trinajstić information content (AvgIpc) is 3.57. The molecule has 0 amide bonds. The molecule has 5 heteroatoms. The van der Waals surface area contributed by atoms with Crippen molar-refractivity contribution in [3.63, 3.8) is 0 Å². The Morgan fingerprint density at radius 2 is 1.61 bits per heavy atom. The summed E-state index contributed by atoms with van der Waals surface area (Å²) in [6.45, 7) is 6.04. The summed E-state index contributed by atoms with van der Waals surface area (Å²) in [5.41, 5.74) is 2.02. The van der Waals surface area contributed by atoms with E-state index in [1.54, 1.807) is 31.6 Å². The molecule has 1 aliphatic rings. The zero-order valence-corrected chi connectivity index (χ0v) is 18.3. The average molecular weight is 416 g/mol. The second-order valence-electron chi connectivity index (χ2n) is 9.23. The number of benzene rings is 2. The van der Waals surface area contributed by atoms with Crippen LogP contribution in [0.4, 0.5) is 4.39 Å². The number of halogens is 1. The van der Waals surface area contributed by atoms with Crippen LogP contribution in [-0.4, -0.2) is 17.1 Å². The normalized spacial score (nSPS) is 16.9. The molecule has 31 heavy (non-hydrogen) atoms. The molecule has 158 valence electrons. The number of methoxy groups -OCH3 is 1. The van der Waals surface area contributed by atoms with E-state index in [4.69, 9.17) is 4.74 Å². The highest BCUT2D eigenvalue weighted by Crippen LogP contribution is 2.49. The van der Waals surface area contributed by atoms with Crippen LogP contribution in [0.5, 0.6) is 0 Å². The molecule has 4 nitrogen and oxygen atoms in total. The van der Waals surface area contributed by atoms with Crippen LogP contribution in [0.2, 0.25) is 0 Å². The molecule has 0 spiro atoms. The number of aromatic nitrogens is 2. The van der Waals surface area contributed by atoms with Crippen LogP contribution >= 0.6 is 0 Å². The number of hydrogen-bond acceptors (Lipinski definition) is 4. The molecule has 1 atom stereocenters. The minimum atomic E-state index is -1.05. The maximum absolute atomic E-state index is 15.6. The molecule has 4 rings (SSSR count). The summed E-state index contributed by atoms with van der Waals surface area (Å²) in [7, 11) is 1.59. The summed E-state index contributed by atoms with van der Waals surface area (Å²) in [5, 5.41) is 9.40. The lowest BCUT2D eigenvalue weighted by atomic mass is 9.68. The minimum Gasteiger partial charge on any atom is -0.368 e. The maximum Gasteiger partial charge on any atom is 0.130 e. The Morgan fingerprint density at radius 3 is 2.10 bits per heavy atom. The molecule has 1 aliphatic carbocycles. The van der Waals surface area contributed by atoms with Gasteiger partial charge in [0.1, 0.15) is 17.7 Å². The van der Waals surface area contributed by atoms with E-state index < -0.39 is 11.0 Å². The Hall–Kier alpha value is -3.10. The first kappa shape index (κ1) is 21.1. The van der Waals surface area contributed by atoms with Gasteiger partial charge in [0.15, 0.2) is 0 Å². The van der Waals surface area contributed by atoms with Gasteiger partial charge in [-0.05, 0) is 41.0 Å². The van der Waals surface area contributed by atoms with Gasteiger partial charge in [0.2, 0.25) is 0 Å². The lowest BCUT2D eigenvalue weighted by Crippen LogP contribution is -2.44. The third-order valence-electron chi connectivity index (χ3n) is 6.41. The fraction of sp³-hybridized carbons (Fsp3) is 0.346. The van der Waals surface area contributed by atoms with E-state index in [-0.39, 0.29) is 11.2 Å². The van der Waals surface area contributed by atoms with E-state index in [1.165, 1.54) is 6.33 Å². The number of ether oxygens (including phenoxy) is 1. The molecule has 1 aromatic heterocycles. The predicted octanol–water partition coefficient (Wildman–Crippen LogP) is 5.77. The SMILES string of the molecule is COC(c1cncnc1)(c1ccc(-c2ccc(C3(C#N)CC3)cc2)cc1F)C(C)(C)C. The van der Waals surface area contributed by atoms with Gasteiger partial charge in [-0.1, -0.05) is 57.2 Å². The third kappa shape index (κ3) is 3.41. The fourth-order valence-electron chi connectivity index (χ4n) is 4.56. The Labute approximate surface area is 182 Å². The van der Waals surface area contributed by atoms with E-state index >= 15 is 4.39 Å². The second kappa shape index (κ2) is 7.55. The highest BCUT2D eigenvalue weighted by atomic mass is 19.1. The second-order valence-corrected chi connectivity index (χ2v) is 9.23. The van der Waals surface area contributed by atoms with Gasteiger partial charge in [0.25, 0.3) is 0 Å². The van der Waals surface area contributed by atoms with Crippen LogP contribution in [0.1, 0.15) is 50.3 Å². The summed E-state index contributed by atoms with van der Waals surface area (Å²) < 4.78 is 21.6. The Bertz CT molecular complexity index is 1130. The lowest BCUT2D eigenvalue weighted by Gasteiger charge is -2.44. The van der Waals surface area contributed by atoms with Gasteiger partial charge in [-0.15, -0.1) is 0 Å². The van der Waals surface area contributed by atoms with Crippen LogP contribution in [0, 0.1) is 22.6 Å². The lowest BCUT2D eigenvalue weighted by molar-refractivity contribution is -0.0673. The minimum absolute atomic E-state index is 0.323. The van der Waals surface area contributed by atoms with Crippen molar-refractivity contribution in [2.24, 2.45) is 5.41 Å². The van der Waals surface area contributed by atoms with Crippen molar-refractivity contribution in [1.29, 1.82) is 5.26 Å². The largest absolute Gasteiger partial charge is 0.368 e. The van der Waals surface area contributed by atoms with E-state index in [0.717, 1.165) is 29.5 Å². The van der Waals surface area contributed by atoms with Crippen LogP contribution in [0.25, 0.3) is 11.1 Å². The van der Waals surface area contributed by atoms with Crippen molar-refractivity contribution in [1.82, 2.24) is 9.97 Å². The van der Waals surface area contributed by atoms with Crippen molar-refractivity contribution in [3.05, 3.63) is 83.7 Å². The Balaban J connectivity index is 1.76. The number of nitriles is 1. The van der Waals surface area contributed by atoms with Gasteiger partial charge in [-0.3, -0.25) is 0 Å². The third-order valence-corrected chi connectivity index (χ3v) is 6.41. The highest BCUT2D eigenvalue weighted by Gasteiger charge is 2.48. The molecule has 0 saturated heterocycles. The number of nitrogens with zero attached hydrogens (tertiary/aromatic N) is 3. The molecule has 2 aromatic carbocycles. The summed E-state index contributed by atoms with van der Waals surface area (Å²) in [5.74, 6) is -0.349. The molecule has 1 unspecified atom stereocenters. The van der Waals surface area contributed by atoms with Crippen molar-refractivity contribution in [3.8, 4) is 17.2 Å². The van der Waals surface area contributed by atoms with Crippen molar-refractivity contribution in [2.45, 2.75) is 44.6 Å². The van der Waals surface area contributed by atoms with Crippen LogP contribution < -0.4 is 0 Å². The molecule has 1 heterocycles. The molecule has 0 aliphatic heterocycles. The van der Waals surface area contributed by atoms with Crippen LogP contribution in [0.15, 0.2) is 61.2 Å². The molecule has 0 N–H and O–H groups in total. The zero-order chi connectivity index (χ0) is 22.3. The molecule has 0 bridgehead atoms. The number of rotatable bonds is 5. The first-order chi connectivity index (χ1) is 14.8. The van der Waals surface area contributed by atoms with Crippen LogP contribution in [-0.2, 0) is 15.8 Å². The highest BCUT2D eigenvalue weighted by molar-refractivity contribution is 5.65. The molecular weight excluding hydrogens is 389 g/mol. The summed E-state index contributed by atoms with van der Waals surface area (Å²) in [6, 6.07) is 15.5. The predicted molar refractivity (Wildman–Crippen MR) is 118 cm³/mol. The van der Waals surface area contributed by atoms with Gasteiger partial charge >= 0.3 is 0 Å². The van der Waals surface area contributed by atoms with Crippen molar-refractivity contribution >= 4 is 0 Å². The van der Waals surface area contributed by atoms with Crippen molar-refractivity contribution in [2.75, 3.05) is 7.11 Å². The molecule has 0 radical (unpaired) electrons. The van der Waals surface area contributed by atoms with Gasteiger partial charge in [-0.2, -0.15) is 5.26 Å². The Morgan fingerprint density at radius 1 is 1.00 bits per heavy atom. The first-order valence-electron chi connectivity index (χ1n) is 10.4. The Kier molecular flexibility index (Phi) is 5.15. The number of hydrogen-bond donors (Lipinski definition) is 0. The first-order valence-corrected chi connectivity index (χ1v) is 10.4. The van der Waals surface area contributed by atoms with E-state index in [1.807, 2.05) is 51.1 Å². The van der Waals surface area contributed by atoms with Gasteiger partial charge in [0.05, 0.1) is 11.5 Å². The van der Waals surface area contributed by atoms with Crippen LogP contribution in [0.3, 0.4) is 0 Å². The maximum atomic E-state index is 15.6. The summed E-state index contributed by atoms with van der Waals surface area (Å²) in [6.07, 6.45) is 6.61. The van der Waals surface area contributed by atoms with E-state index in [2.05, 4.69) is 16.0 Å². The quantitative estimate of drug-likeness (QED) is 0.530. The molecule has 1 fully saturated rings. The topological polar surface area (TPSA) is 58.8 Å². The standard InChI is InChI=1S/C26H26FN3O/c1-24(2,3)26(31-4,21-14-29-17-30-15-21)22-10-7-19(13-23(22)27)18-5-8-20(9-6-18)25(16-28)11-12-25/h5-10,13-15,17H,11-12H2,1-4H3. The smallest absolute Gasteiger partial charge is 0.130 e. The molecular formula is C26H26FN3O. The summed E-state index contributed by atoms with van der Waals surface area (Å²) >= 11 is 0. The van der Waals surface area contributed by atoms with E-state index in [9.17, 15) is 5.26 Å². The zero-order valence-electron chi connectivity index (χ0n) is 18.3. The van der Waals surface area contributed by atoms with E-state index in [0.29, 0.717) is 11.1 Å². The molecule has 1 saturated carbocycles. The van der Waals surface area contributed by atoms with Gasteiger partial charge in [-0.25, -0.2) is 14.4 Å². The fourth-order valence-corrected chi connectivity index (χ4v) is 4.56. The van der Waals surface area contributed by atoms with Crippen molar-refractivity contribution < 1.29 is 9.13 Å². The summed E-state index contributed by atoms with van der Waals surface area (Å²) in [4.78, 5) is 8.27. The molecule has 3 aromatic rings. The van der Waals surface area contributed by atoms with Gasteiger partial charge in [0, 0.05) is 30.6 Å². The monoisotopic (exact) mass is 415 g/mol.